The Bertz CT molecular complexity index is 1860. The van der Waals surface area contributed by atoms with E-state index < -0.39 is 0 Å². The number of pyridine rings is 2. The lowest BCUT2D eigenvalue weighted by atomic mass is 9.98. The highest BCUT2D eigenvalue weighted by atomic mass is 79.9. The molecule has 0 spiro atoms. The minimum atomic E-state index is -0.349. The summed E-state index contributed by atoms with van der Waals surface area (Å²) in [4.78, 5) is 21.5. The maximum absolute atomic E-state index is 12.3. The number of hydrogen-bond donors (Lipinski definition) is 1. The first kappa shape index (κ1) is 25.4. The van der Waals surface area contributed by atoms with Gasteiger partial charge in [0.25, 0.3) is 5.91 Å². The summed E-state index contributed by atoms with van der Waals surface area (Å²) in [7, 11) is 0. The van der Waals surface area contributed by atoms with Crippen LogP contribution in [0.5, 0.6) is 5.75 Å². The Kier molecular flexibility index (Phi) is 7.28. The minimum Gasteiger partial charge on any atom is -0.484 e. The number of hydrazone groups is 1. The minimum absolute atomic E-state index is 0.153. The lowest BCUT2D eigenvalue weighted by Crippen LogP contribution is -2.24. The van der Waals surface area contributed by atoms with Crippen molar-refractivity contribution in [3.8, 4) is 28.1 Å². The number of hydrogen-bond acceptors (Lipinski definition) is 5. The molecule has 0 atom stereocenters. The van der Waals surface area contributed by atoms with Crippen molar-refractivity contribution in [1.82, 2.24) is 15.4 Å². The summed E-state index contributed by atoms with van der Waals surface area (Å²) < 4.78 is 6.68. The highest BCUT2D eigenvalue weighted by Crippen LogP contribution is 2.34. The van der Waals surface area contributed by atoms with E-state index in [1.165, 1.54) is 0 Å². The Hall–Kier alpha value is -4.88. The molecule has 6 aromatic rings. The van der Waals surface area contributed by atoms with Crippen LogP contribution in [-0.4, -0.2) is 28.7 Å². The highest BCUT2D eigenvalue weighted by Gasteiger charge is 2.11. The zero-order valence-electron chi connectivity index (χ0n) is 21.3. The van der Waals surface area contributed by atoms with Gasteiger partial charge in [0.1, 0.15) is 5.75 Å². The number of carbonyl (C=O) groups is 1. The number of aromatic nitrogens is 2. The van der Waals surface area contributed by atoms with E-state index in [2.05, 4.69) is 55.7 Å². The van der Waals surface area contributed by atoms with Crippen LogP contribution in [0.25, 0.3) is 44.2 Å². The van der Waals surface area contributed by atoms with E-state index in [0.717, 1.165) is 54.2 Å². The van der Waals surface area contributed by atoms with Crippen molar-refractivity contribution < 1.29 is 9.53 Å². The average Bonchev–Trinajstić information content (AvgIpc) is 3.00. The number of benzene rings is 4. The fourth-order valence-corrected chi connectivity index (χ4v) is 4.82. The molecule has 2 heterocycles. The van der Waals surface area contributed by atoms with Crippen LogP contribution in [0.3, 0.4) is 0 Å². The van der Waals surface area contributed by atoms with Crippen molar-refractivity contribution in [3.05, 3.63) is 125 Å². The van der Waals surface area contributed by atoms with Crippen LogP contribution in [0.4, 0.5) is 0 Å². The van der Waals surface area contributed by atoms with Gasteiger partial charge in [0.2, 0.25) is 0 Å². The molecule has 1 N–H and O–H groups in total. The molecule has 0 saturated carbocycles. The quantitative estimate of drug-likeness (QED) is 0.156. The Balaban J connectivity index is 1.12. The second-order valence-electron chi connectivity index (χ2n) is 9.14. The van der Waals surface area contributed by atoms with E-state index in [4.69, 9.17) is 9.72 Å². The van der Waals surface area contributed by atoms with Crippen LogP contribution in [0.15, 0.2) is 125 Å². The van der Waals surface area contributed by atoms with Gasteiger partial charge in [-0.25, -0.2) is 10.4 Å². The molecule has 2 aromatic heterocycles. The van der Waals surface area contributed by atoms with Crippen molar-refractivity contribution in [2.45, 2.75) is 0 Å². The summed E-state index contributed by atoms with van der Waals surface area (Å²) in [6, 6.07) is 35.7. The van der Waals surface area contributed by atoms with Crippen molar-refractivity contribution >= 4 is 49.9 Å². The molecule has 4 aromatic carbocycles. The number of carbonyl (C=O) groups excluding carboxylic acids is 1. The first-order valence-electron chi connectivity index (χ1n) is 12.7. The largest absolute Gasteiger partial charge is 0.484 e. The van der Waals surface area contributed by atoms with Crippen LogP contribution in [0, 0.1) is 0 Å². The highest BCUT2D eigenvalue weighted by molar-refractivity contribution is 9.10. The molecule has 40 heavy (non-hydrogen) atoms. The number of nitrogens with one attached hydrogen (secondary N) is 1. The predicted molar refractivity (Wildman–Crippen MR) is 163 cm³/mol. The molecule has 0 aliphatic heterocycles. The number of amides is 1. The summed E-state index contributed by atoms with van der Waals surface area (Å²) in [5.74, 6) is 0.232. The Morgan fingerprint density at radius 2 is 1.68 bits per heavy atom. The fourth-order valence-electron chi connectivity index (χ4n) is 4.46. The lowest BCUT2D eigenvalue weighted by Gasteiger charge is -2.11. The Morgan fingerprint density at radius 3 is 2.52 bits per heavy atom. The van der Waals surface area contributed by atoms with Crippen LogP contribution in [0.2, 0.25) is 0 Å². The fraction of sp³-hybridized carbons (Fsp3) is 0.0303. The topological polar surface area (TPSA) is 76.5 Å². The van der Waals surface area contributed by atoms with Crippen LogP contribution in [-0.2, 0) is 4.79 Å². The monoisotopic (exact) mass is 586 g/mol. The molecule has 0 aliphatic rings. The second kappa shape index (κ2) is 11.5. The molecule has 6 nitrogen and oxygen atoms in total. The second-order valence-corrected chi connectivity index (χ2v) is 10.1. The van der Waals surface area contributed by atoms with Gasteiger partial charge >= 0.3 is 0 Å². The normalized spacial score (nSPS) is 11.2. The maximum atomic E-state index is 12.3. The third-order valence-corrected chi connectivity index (χ3v) is 6.90. The molecule has 194 valence electrons. The molecule has 0 radical (unpaired) electrons. The zero-order valence-corrected chi connectivity index (χ0v) is 22.9. The molecular formula is C33H23BrN4O2. The van der Waals surface area contributed by atoms with Gasteiger partial charge in [0.15, 0.2) is 6.61 Å². The molecular weight excluding hydrogens is 564 g/mol. The van der Waals surface area contributed by atoms with E-state index in [9.17, 15) is 4.79 Å². The van der Waals surface area contributed by atoms with Gasteiger partial charge in [-0.1, -0.05) is 58.4 Å². The predicted octanol–water partition coefficient (Wildman–Crippen LogP) is 7.41. The summed E-state index contributed by atoms with van der Waals surface area (Å²) in [5, 5.41) is 6.13. The lowest BCUT2D eigenvalue weighted by molar-refractivity contribution is -0.123. The number of rotatable bonds is 7. The molecule has 0 saturated heterocycles. The van der Waals surface area contributed by atoms with Gasteiger partial charge in [-0.2, -0.15) is 5.10 Å². The number of fused-ring (bicyclic) bond motifs is 2. The summed E-state index contributed by atoms with van der Waals surface area (Å²) in [6.45, 7) is -0.153. The van der Waals surface area contributed by atoms with E-state index in [-0.39, 0.29) is 12.5 Å². The first-order valence-corrected chi connectivity index (χ1v) is 13.5. The van der Waals surface area contributed by atoms with Gasteiger partial charge in [-0.15, -0.1) is 0 Å². The molecule has 0 aliphatic carbocycles. The maximum Gasteiger partial charge on any atom is 0.277 e. The van der Waals surface area contributed by atoms with Gasteiger partial charge in [0, 0.05) is 27.0 Å². The molecule has 0 unspecified atom stereocenters. The van der Waals surface area contributed by atoms with Crippen molar-refractivity contribution in [2.24, 2.45) is 5.10 Å². The van der Waals surface area contributed by atoms with Crippen molar-refractivity contribution in [1.29, 1.82) is 0 Å². The number of nitrogens with zero attached hydrogens (tertiary/aromatic N) is 3. The Labute approximate surface area is 239 Å². The third kappa shape index (κ3) is 5.75. The van der Waals surface area contributed by atoms with Crippen LogP contribution >= 0.6 is 15.9 Å². The van der Waals surface area contributed by atoms with Crippen LogP contribution in [0.1, 0.15) is 5.56 Å². The van der Waals surface area contributed by atoms with Crippen molar-refractivity contribution in [2.75, 3.05) is 6.61 Å². The van der Waals surface area contributed by atoms with Crippen molar-refractivity contribution in [3.63, 3.8) is 0 Å². The smallest absolute Gasteiger partial charge is 0.277 e. The van der Waals surface area contributed by atoms with Crippen LogP contribution < -0.4 is 10.2 Å². The van der Waals surface area contributed by atoms with E-state index >= 15 is 0 Å². The summed E-state index contributed by atoms with van der Waals surface area (Å²) in [6.07, 6.45) is 3.35. The van der Waals surface area contributed by atoms with Gasteiger partial charge in [0.05, 0.1) is 22.9 Å². The summed E-state index contributed by atoms with van der Waals surface area (Å²) in [5.41, 5.74) is 9.24. The molecule has 1 amide bonds. The zero-order chi connectivity index (χ0) is 27.3. The molecule has 0 fully saturated rings. The Morgan fingerprint density at radius 1 is 0.850 bits per heavy atom. The van der Waals surface area contributed by atoms with E-state index in [0.29, 0.717) is 5.75 Å². The SMILES string of the molecule is O=C(COc1ccc(-c2cc(-c3ccccc3)c3cc(Br)ccc3n2)cc1)N/N=C\c1ccc2ncccc2c1. The number of halogens is 1. The van der Waals surface area contributed by atoms with E-state index in [1.807, 2.05) is 84.9 Å². The van der Waals surface area contributed by atoms with Gasteiger partial charge in [-0.3, -0.25) is 9.78 Å². The third-order valence-electron chi connectivity index (χ3n) is 6.41. The summed E-state index contributed by atoms with van der Waals surface area (Å²) >= 11 is 3.59. The van der Waals surface area contributed by atoms with Gasteiger partial charge in [-0.05, 0) is 83.4 Å². The first-order chi connectivity index (χ1) is 19.6. The molecule has 6 rings (SSSR count). The standard InChI is InChI=1S/C33H23BrN4O2/c34-26-11-15-31-29(18-26)28(23-5-2-1-3-6-23)19-32(37-31)24-9-12-27(13-10-24)40-21-33(39)38-36-20-22-8-14-30-25(17-22)7-4-16-35-30/h1-20H,21H2,(H,38,39)/b36-20-. The average molecular weight is 587 g/mol. The van der Waals surface area contributed by atoms with E-state index in [1.54, 1.807) is 12.4 Å². The molecule has 7 heteroatoms. The van der Waals surface area contributed by atoms with Gasteiger partial charge < -0.3 is 4.74 Å². The molecule has 0 bridgehead atoms. The number of ether oxygens (including phenoxy) is 1.